The summed E-state index contributed by atoms with van der Waals surface area (Å²) in [6.45, 7) is 2.22. The predicted octanol–water partition coefficient (Wildman–Crippen LogP) is 3.34. The lowest BCUT2D eigenvalue weighted by molar-refractivity contribution is 0.0600. The number of nitriles is 1. The molecule has 1 amide bonds. The van der Waals surface area contributed by atoms with Crippen molar-refractivity contribution in [2.24, 2.45) is 0 Å². The van der Waals surface area contributed by atoms with Crippen LogP contribution in [0, 0.1) is 18.3 Å². The van der Waals surface area contributed by atoms with E-state index in [0.717, 1.165) is 11.3 Å². The van der Waals surface area contributed by atoms with E-state index in [0.29, 0.717) is 11.1 Å². The third kappa shape index (κ3) is 3.99. The minimum absolute atomic E-state index is 0.219. The van der Waals surface area contributed by atoms with Crippen molar-refractivity contribution < 1.29 is 14.3 Å². The Hall–Kier alpha value is -3.13. The van der Waals surface area contributed by atoms with Gasteiger partial charge >= 0.3 is 5.97 Å². The Morgan fingerprint density at radius 3 is 2.50 bits per heavy atom. The van der Waals surface area contributed by atoms with Gasteiger partial charge in [0.2, 0.25) is 0 Å². The van der Waals surface area contributed by atoms with Crippen LogP contribution in [-0.4, -0.2) is 25.5 Å². The number of hydrogen-bond acceptors (Lipinski definition) is 4. The quantitative estimate of drug-likeness (QED) is 0.792. The van der Waals surface area contributed by atoms with Gasteiger partial charge in [0.1, 0.15) is 0 Å². The number of carbonyl (C=O) groups excluding carboxylic acids is 2. The van der Waals surface area contributed by atoms with Gasteiger partial charge in [0.15, 0.2) is 0 Å². The van der Waals surface area contributed by atoms with E-state index in [-0.39, 0.29) is 18.9 Å². The highest BCUT2D eigenvalue weighted by Gasteiger charge is 2.19. The van der Waals surface area contributed by atoms with E-state index in [1.807, 2.05) is 31.2 Å². The first-order valence-electron chi connectivity index (χ1n) is 7.50. The molecule has 0 heterocycles. The van der Waals surface area contributed by atoms with Crippen LogP contribution in [0.15, 0.2) is 48.5 Å². The van der Waals surface area contributed by atoms with E-state index in [2.05, 4.69) is 10.8 Å². The van der Waals surface area contributed by atoms with Crippen LogP contribution in [0.2, 0.25) is 0 Å². The Labute approximate surface area is 141 Å². The lowest BCUT2D eigenvalue weighted by Crippen LogP contribution is -2.32. The number of methoxy groups -OCH3 is 1. The number of esters is 1. The van der Waals surface area contributed by atoms with Crippen molar-refractivity contribution in [1.29, 1.82) is 5.26 Å². The number of benzene rings is 2. The van der Waals surface area contributed by atoms with E-state index in [9.17, 15) is 9.59 Å². The summed E-state index contributed by atoms with van der Waals surface area (Å²) in [6.07, 6.45) is 0.219. The SMILES string of the molecule is COC(=O)c1cccc(C(=O)N(CCC#N)c2cccc(C)c2)c1. The van der Waals surface area contributed by atoms with Gasteiger partial charge in [-0.1, -0.05) is 18.2 Å². The average molecular weight is 322 g/mol. The van der Waals surface area contributed by atoms with Crippen molar-refractivity contribution in [2.75, 3.05) is 18.6 Å². The van der Waals surface area contributed by atoms with Gasteiger partial charge in [-0.25, -0.2) is 4.79 Å². The molecule has 0 atom stereocenters. The van der Waals surface area contributed by atoms with E-state index in [1.165, 1.54) is 13.2 Å². The topological polar surface area (TPSA) is 70.4 Å². The molecule has 0 aromatic heterocycles. The standard InChI is InChI=1S/C19H18N2O3/c1-14-6-3-9-17(12-14)21(11-5-10-20)18(22)15-7-4-8-16(13-15)19(23)24-2/h3-4,6-9,12-13H,5,11H2,1-2H3. The Kier molecular flexibility index (Phi) is 5.69. The molecule has 0 aliphatic rings. The van der Waals surface area contributed by atoms with Crippen LogP contribution in [0.1, 0.15) is 32.7 Å². The third-order valence-electron chi connectivity index (χ3n) is 3.54. The fourth-order valence-electron chi connectivity index (χ4n) is 2.36. The zero-order chi connectivity index (χ0) is 17.5. The number of ether oxygens (including phenoxy) is 1. The van der Waals surface area contributed by atoms with Crippen molar-refractivity contribution in [2.45, 2.75) is 13.3 Å². The first-order chi connectivity index (χ1) is 11.6. The van der Waals surface area contributed by atoms with Gasteiger partial charge in [0.25, 0.3) is 5.91 Å². The molecular formula is C19H18N2O3. The summed E-state index contributed by atoms with van der Waals surface area (Å²) < 4.78 is 4.69. The molecule has 5 nitrogen and oxygen atoms in total. The van der Waals surface area contributed by atoms with Gasteiger partial charge in [-0.15, -0.1) is 0 Å². The second-order valence-electron chi connectivity index (χ2n) is 5.28. The zero-order valence-corrected chi connectivity index (χ0v) is 13.7. The fraction of sp³-hybridized carbons (Fsp3) is 0.211. The first-order valence-corrected chi connectivity index (χ1v) is 7.50. The van der Waals surface area contributed by atoms with E-state index in [4.69, 9.17) is 5.26 Å². The number of anilines is 1. The molecule has 2 aromatic rings. The van der Waals surface area contributed by atoms with Crippen LogP contribution in [0.3, 0.4) is 0 Å². The summed E-state index contributed by atoms with van der Waals surface area (Å²) in [7, 11) is 1.29. The average Bonchev–Trinajstić information content (AvgIpc) is 2.61. The maximum absolute atomic E-state index is 12.9. The highest BCUT2D eigenvalue weighted by Crippen LogP contribution is 2.20. The summed E-state index contributed by atoms with van der Waals surface area (Å²) in [6, 6.07) is 16.0. The molecule has 0 saturated carbocycles. The van der Waals surface area contributed by atoms with E-state index in [1.54, 1.807) is 23.1 Å². The predicted molar refractivity (Wildman–Crippen MR) is 90.9 cm³/mol. The summed E-state index contributed by atoms with van der Waals surface area (Å²) in [5, 5.41) is 8.87. The molecule has 2 rings (SSSR count). The number of rotatable bonds is 5. The Morgan fingerprint density at radius 2 is 1.83 bits per heavy atom. The molecular weight excluding hydrogens is 304 g/mol. The molecule has 0 aliphatic heterocycles. The van der Waals surface area contributed by atoms with Gasteiger partial charge in [-0.05, 0) is 42.8 Å². The second-order valence-corrected chi connectivity index (χ2v) is 5.28. The van der Waals surface area contributed by atoms with Crippen LogP contribution >= 0.6 is 0 Å². The number of nitrogens with zero attached hydrogens (tertiary/aromatic N) is 2. The van der Waals surface area contributed by atoms with Crippen LogP contribution < -0.4 is 4.90 Å². The lowest BCUT2D eigenvalue weighted by Gasteiger charge is -2.22. The molecule has 0 bridgehead atoms. The molecule has 0 radical (unpaired) electrons. The number of aryl methyl sites for hydroxylation is 1. The molecule has 24 heavy (non-hydrogen) atoms. The van der Waals surface area contributed by atoms with E-state index >= 15 is 0 Å². The summed E-state index contributed by atoms with van der Waals surface area (Å²) in [5.41, 5.74) is 2.43. The summed E-state index contributed by atoms with van der Waals surface area (Å²) >= 11 is 0. The van der Waals surface area contributed by atoms with E-state index < -0.39 is 5.97 Å². The van der Waals surface area contributed by atoms with Gasteiger partial charge in [0, 0.05) is 17.8 Å². The highest BCUT2D eigenvalue weighted by molar-refractivity contribution is 6.07. The number of carbonyl (C=O) groups is 2. The first kappa shape index (κ1) is 17.2. The molecule has 0 fully saturated rings. The molecule has 2 aromatic carbocycles. The molecule has 0 aliphatic carbocycles. The molecule has 0 unspecified atom stereocenters. The van der Waals surface area contributed by atoms with Crippen LogP contribution in [0.25, 0.3) is 0 Å². The van der Waals surface area contributed by atoms with Crippen LogP contribution in [-0.2, 0) is 4.74 Å². The van der Waals surface area contributed by atoms with Crippen LogP contribution in [0.5, 0.6) is 0 Å². The van der Waals surface area contributed by atoms with Crippen LogP contribution in [0.4, 0.5) is 5.69 Å². The van der Waals surface area contributed by atoms with Crippen molar-refractivity contribution >= 4 is 17.6 Å². The van der Waals surface area contributed by atoms with Gasteiger partial charge in [-0.3, -0.25) is 4.79 Å². The maximum Gasteiger partial charge on any atom is 0.337 e. The van der Waals surface area contributed by atoms with Crippen molar-refractivity contribution in [1.82, 2.24) is 0 Å². The minimum Gasteiger partial charge on any atom is -0.465 e. The number of hydrogen-bond donors (Lipinski definition) is 0. The highest BCUT2D eigenvalue weighted by atomic mass is 16.5. The maximum atomic E-state index is 12.9. The molecule has 0 N–H and O–H groups in total. The Balaban J connectivity index is 2.38. The zero-order valence-electron chi connectivity index (χ0n) is 13.7. The number of amides is 1. The van der Waals surface area contributed by atoms with Crippen molar-refractivity contribution in [3.05, 3.63) is 65.2 Å². The minimum atomic E-state index is -0.496. The third-order valence-corrected chi connectivity index (χ3v) is 3.54. The van der Waals surface area contributed by atoms with Crippen molar-refractivity contribution in [3.8, 4) is 6.07 Å². The summed E-state index contributed by atoms with van der Waals surface area (Å²) in [4.78, 5) is 26.1. The second kappa shape index (κ2) is 7.93. The molecule has 122 valence electrons. The summed E-state index contributed by atoms with van der Waals surface area (Å²) in [5.74, 6) is -0.759. The Morgan fingerprint density at radius 1 is 1.12 bits per heavy atom. The van der Waals surface area contributed by atoms with Crippen molar-refractivity contribution in [3.63, 3.8) is 0 Å². The fourth-order valence-corrected chi connectivity index (χ4v) is 2.36. The van der Waals surface area contributed by atoms with Gasteiger partial charge < -0.3 is 9.64 Å². The lowest BCUT2D eigenvalue weighted by atomic mass is 10.1. The van der Waals surface area contributed by atoms with Gasteiger partial charge in [-0.2, -0.15) is 5.26 Å². The largest absolute Gasteiger partial charge is 0.465 e. The molecule has 5 heteroatoms. The van der Waals surface area contributed by atoms with Gasteiger partial charge in [0.05, 0.1) is 25.2 Å². The normalized spacial score (nSPS) is 9.88. The molecule has 0 spiro atoms. The smallest absolute Gasteiger partial charge is 0.337 e. The monoisotopic (exact) mass is 322 g/mol. The Bertz CT molecular complexity index is 793. The molecule has 0 saturated heterocycles.